The fourth-order valence-electron chi connectivity index (χ4n) is 3.12. The molecule has 1 aliphatic rings. The van der Waals surface area contributed by atoms with Crippen molar-refractivity contribution in [1.29, 1.82) is 0 Å². The zero-order chi connectivity index (χ0) is 15.0. The van der Waals surface area contributed by atoms with Crippen molar-refractivity contribution in [2.75, 3.05) is 0 Å². The number of hydrazine groups is 2. The Balaban J connectivity index is 2.61. The predicted molar refractivity (Wildman–Crippen MR) is 77.7 cm³/mol. The molecule has 0 heterocycles. The second kappa shape index (κ2) is 8.92. The first-order valence-corrected chi connectivity index (χ1v) is 7.61. The van der Waals surface area contributed by atoms with Crippen LogP contribution in [0.3, 0.4) is 0 Å². The second-order valence-corrected chi connectivity index (χ2v) is 5.87. The summed E-state index contributed by atoms with van der Waals surface area (Å²) in [7, 11) is 0. The normalized spacial score (nSPS) is 29.1. The zero-order valence-corrected chi connectivity index (χ0v) is 12.4. The molecule has 0 aromatic carbocycles. The topological polar surface area (TPSA) is 110 Å². The van der Waals surface area contributed by atoms with E-state index in [2.05, 4.69) is 17.8 Å². The maximum Gasteiger partial charge on any atom is 0.237 e. The van der Waals surface area contributed by atoms with Crippen molar-refractivity contribution in [1.82, 2.24) is 10.9 Å². The van der Waals surface area contributed by atoms with Gasteiger partial charge in [-0.05, 0) is 31.6 Å². The third-order valence-electron chi connectivity index (χ3n) is 4.46. The van der Waals surface area contributed by atoms with E-state index in [4.69, 9.17) is 11.7 Å². The summed E-state index contributed by atoms with van der Waals surface area (Å²) in [6.07, 6.45) is 7.47. The molecule has 1 rings (SSSR count). The lowest BCUT2D eigenvalue weighted by atomic mass is 9.85. The largest absolute Gasteiger partial charge is 0.294 e. The SMILES string of the molecule is CC1CCCCC(C(=O)NN)CCCCC1C(=O)NN. The number of hydrogen-bond donors (Lipinski definition) is 4. The van der Waals surface area contributed by atoms with Crippen LogP contribution in [0.1, 0.15) is 58.3 Å². The third-order valence-corrected chi connectivity index (χ3v) is 4.46. The van der Waals surface area contributed by atoms with Crippen LogP contribution in [0.2, 0.25) is 0 Å². The van der Waals surface area contributed by atoms with Crippen LogP contribution in [0, 0.1) is 17.8 Å². The number of carbonyl (C=O) groups is 2. The minimum absolute atomic E-state index is 0.00944. The van der Waals surface area contributed by atoms with Crippen molar-refractivity contribution < 1.29 is 9.59 Å². The van der Waals surface area contributed by atoms with E-state index in [1.165, 1.54) is 0 Å². The van der Waals surface area contributed by atoms with Crippen LogP contribution >= 0.6 is 0 Å². The molecule has 0 aromatic rings. The van der Waals surface area contributed by atoms with Gasteiger partial charge in [0.25, 0.3) is 0 Å². The van der Waals surface area contributed by atoms with E-state index in [-0.39, 0.29) is 23.7 Å². The van der Waals surface area contributed by atoms with Crippen LogP contribution in [0.15, 0.2) is 0 Å². The molecule has 1 aliphatic carbocycles. The minimum Gasteiger partial charge on any atom is -0.294 e. The molecule has 0 aromatic heterocycles. The highest BCUT2D eigenvalue weighted by Crippen LogP contribution is 2.28. The standard InChI is InChI=1S/C14H28N4O2/c1-10-6-2-3-7-11(13(19)17-15)8-4-5-9-12(10)14(20)18-16/h10-12H,2-9,15-16H2,1H3,(H,17,19)(H,18,20). The highest BCUT2D eigenvalue weighted by atomic mass is 16.2. The molecule has 0 radical (unpaired) electrons. The molecule has 116 valence electrons. The minimum atomic E-state index is -0.0620. The summed E-state index contributed by atoms with van der Waals surface area (Å²) in [4.78, 5) is 23.5. The van der Waals surface area contributed by atoms with Gasteiger partial charge in [0.15, 0.2) is 0 Å². The van der Waals surface area contributed by atoms with Crippen molar-refractivity contribution in [2.24, 2.45) is 29.4 Å². The van der Waals surface area contributed by atoms with Gasteiger partial charge in [-0.25, -0.2) is 11.7 Å². The van der Waals surface area contributed by atoms with E-state index in [1.54, 1.807) is 0 Å². The maximum absolute atomic E-state index is 11.8. The summed E-state index contributed by atoms with van der Waals surface area (Å²) in [6, 6.07) is 0. The fraction of sp³-hybridized carbons (Fsp3) is 0.857. The molecule has 6 nitrogen and oxygen atoms in total. The van der Waals surface area contributed by atoms with Crippen molar-refractivity contribution in [3.8, 4) is 0 Å². The molecule has 6 heteroatoms. The van der Waals surface area contributed by atoms with Gasteiger partial charge in [-0.1, -0.05) is 32.6 Å². The van der Waals surface area contributed by atoms with Gasteiger partial charge >= 0.3 is 0 Å². The van der Waals surface area contributed by atoms with Gasteiger partial charge < -0.3 is 0 Å². The molecule has 6 N–H and O–H groups in total. The van der Waals surface area contributed by atoms with Crippen LogP contribution in [-0.4, -0.2) is 11.8 Å². The molecular weight excluding hydrogens is 256 g/mol. The van der Waals surface area contributed by atoms with Gasteiger partial charge in [-0.3, -0.25) is 20.4 Å². The number of carbonyl (C=O) groups excluding carboxylic acids is 2. The number of nitrogens with two attached hydrogens (primary N) is 2. The Labute approximate surface area is 121 Å². The molecule has 0 spiro atoms. The smallest absolute Gasteiger partial charge is 0.237 e. The van der Waals surface area contributed by atoms with Crippen LogP contribution in [0.5, 0.6) is 0 Å². The maximum atomic E-state index is 11.8. The average molecular weight is 284 g/mol. The fourth-order valence-corrected chi connectivity index (χ4v) is 3.12. The molecule has 0 saturated heterocycles. The van der Waals surface area contributed by atoms with Crippen molar-refractivity contribution in [3.63, 3.8) is 0 Å². The molecule has 1 saturated carbocycles. The Morgan fingerprint density at radius 3 is 1.90 bits per heavy atom. The third kappa shape index (κ3) is 5.09. The predicted octanol–water partition coefficient (Wildman–Crippen LogP) is 0.969. The lowest BCUT2D eigenvalue weighted by Crippen LogP contribution is -2.38. The molecule has 3 unspecified atom stereocenters. The highest BCUT2D eigenvalue weighted by Gasteiger charge is 2.25. The van der Waals surface area contributed by atoms with E-state index < -0.39 is 0 Å². The van der Waals surface area contributed by atoms with Gasteiger partial charge in [0, 0.05) is 11.8 Å². The molecule has 1 fully saturated rings. The number of amides is 2. The Bertz CT molecular complexity index is 322. The van der Waals surface area contributed by atoms with Gasteiger partial charge in [-0.2, -0.15) is 0 Å². The summed E-state index contributed by atoms with van der Waals surface area (Å²) >= 11 is 0. The number of nitrogens with one attached hydrogen (secondary N) is 2. The van der Waals surface area contributed by atoms with Crippen LogP contribution in [0.25, 0.3) is 0 Å². The lowest BCUT2D eigenvalue weighted by Gasteiger charge is -2.22. The quantitative estimate of drug-likeness (QED) is 0.344. The number of rotatable bonds is 2. The summed E-state index contributed by atoms with van der Waals surface area (Å²) in [5.41, 5.74) is 4.54. The first-order chi connectivity index (χ1) is 9.60. The van der Waals surface area contributed by atoms with E-state index in [1.807, 2.05) is 0 Å². The van der Waals surface area contributed by atoms with E-state index in [0.717, 1.165) is 51.4 Å². The monoisotopic (exact) mass is 284 g/mol. The van der Waals surface area contributed by atoms with Crippen molar-refractivity contribution >= 4 is 11.8 Å². The van der Waals surface area contributed by atoms with E-state index >= 15 is 0 Å². The summed E-state index contributed by atoms with van der Waals surface area (Å²) in [5.74, 6) is 10.7. The molecular formula is C14H28N4O2. The Morgan fingerprint density at radius 1 is 0.850 bits per heavy atom. The molecule has 2 amide bonds. The summed E-state index contributed by atoms with van der Waals surface area (Å²) in [6.45, 7) is 2.11. The zero-order valence-electron chi connectivity index (χ0n) is 12.4. The van der Waals surface area contributed by atoms with Gasteiger partial charge in [-0.15, -0.1) is 0 Å². The molecule has 0 aliphatic heterocycles. The van der Waals surface area contributed by atoms with Crippen LogP contribution in [-0.2, 0) is 9.59 Å². The van der Waals surface area contributed by atoms with Crippen molar-refractivity contribution in [2.45, 2.75) is 58.3 Å². The van der Waals surface area contributed by atoms with E-state index in [9.17, 15) is 9.59 Å². The first kappa shape index (κ1) is 16.9. The molecule has 20 heavy (non-hydrogen) atoms. The highest BCUT2D eigenvalue weighted by molar-refractivity contribution is 5.78. The van der Waals surface area contributed by atoms with Crippen molar-refractivity contribution in [3.05, 3.63) is 0 Å². The summed E-state index contributed by atoms with van der Waals surface area (Å²) in [5, 5.41) is 0. The van der Waals surface area contributed by atoms with Crippen LogP contribution in [0.4, 0.5) is 0 Å². The number of hydrogen-bond acceptors (Lipinski definition) is 4. The van der Waals surface area contributed by atoms with E-state index in [0.29, 0.717) is 5.92 Å². The average Bonchev–Trinajstić information content (AvgIpc) is 2.50. The Hall–Kier alpha value is -1.14. The first-order valence-electron chi connectivity index (χ1n) is 7.61. The van der Waals surface area contributed by atoms with Gasteiger partial charge in [0.2, 0.25) is 11.8 Å². The summed E-state index contributed by atoms with van der Waals surface area (Å²) < 4.78 is 0. The van der Waals surface area contributed by atoms with Crippen LogP contribution < -0.4 is 22.5 Å². The van der Waals surface area contributed by atoms with Gasteiger partial charge in [0.1, 0.15) is 0 Å². The van der Waals surface area contributed by atoms with Gasteiger partial charge in [0.05, 0.1) is 0 Å². The lowest BCUT2D eigenvalue weighted by molar-refractivity contribution is -0.127. The molecule has 3 atom stereocenters. The Kier molecular flexibility index (Phi) is 7.54. The second-order valence-electron chi connectivity index (χ2n) is 5.87. The Morgan fingerprint density at radius 2 is 1.35 bits per heavy atom. The molecule has 0 bridgehead atoms.